The summed E-state index contributed by atoms with van der Waals surface area (Å²) in [5.41, 5.74) is 2.51. The molecule has 0 aromatic heterocycles. The topological polar surface area (TPSA) is 64.6 Å². The Hall–Kier alpha value is -2.05. The van der Waals surface area contributed by atoms with E-state index in [1.807, 2.05) is 24.3 Å². The summed E-state index contributed by atoms with van der Waals surface area (Å²) in [4.78, 5) is 0.331. The van der Waals surface area contributed by atoms with Crippen molar-refractivity contribution in [2.45, 2.75) is 31.6 Å². The Morgan fingerprint density at radius 1 is 0.920 bits per heavy atom. The molecule has 0 saturated heterocycles. The smallest absolute Gasteiger partial charge is 0.241 e. The van der Waals surface area contributed by atoms with Crippen LogP contribution in [0.1, 0.15) is 23.1 Å². The molecule has 0 bridgehead atoms. The Bertz CT molecular complexity index is 791. The number of rotatable bonds is 8. The number of ether oxygens (including phenoxy) is 2. The lowest BCUT2D eigenvalue weighted by atomic mass is 10.1. The van der Waals surface area contributed by atoms with Gasteiger partial charge >= 0.3 is 0 Å². The molecule has 0 spiro atoms. The van der Waals surface area contributed by atoms with E-state index in [-0.39, 0.29) is 0 Å². The van der Waals surface area contributed by atoms with Gasteiger partial charge in [0.05, 0.1) is 19.1 Å². The van der Waals surface area contributed by atoms with Gasteiger partial charge in [0.25, 0.3) is 0 Å². The highest BCUT2D eigenvalue weighted by Gasteiger charge is 2.19. The number of nitrogens with one attached hydrogen (secondary N) is 1. The van der Waals surface area contributed by atoms with Crippen molar-refractivity contribution in [3.63, 3.8) is 0 Å². The predicted octanol–water partition coefficient (Wildman–Crippen LogP) is 3.23. The first-order chi connectivity index (χ1) is 11.9. The van der Waals surface area contributed by atoms with Crippen molar-refractivity contribution < 1.29 is 17.9 Å². The van der Waals surface area contributed by atoms with Crippen LogP contribution >= 0.6 is 0 Å². The molecule has 5 nitrogen and oxygen atoms in total. The first kappa shape index (κ1) is 19.3. The van der Waals surface area contributed by atoms with Gasteiger partial charge in [-0.25, -0.2) is 13.1 Å². The zero-order valence-corrected chi connectivity index (χ0v) is 15.9. The molecule has 2 rings (SSSR count). The first-order valence-electron chi connectivity index (χ1n) is 8.15. The van der Waals surface area contributed by atoms with Gasteiger partial charge in [-0.05, 0) is 67.6 Å². The van der Waals surface area contributed by atoms with E-state index in [0.717, 1.165) is 24.2 Å². The molecular weight excluding hydrogens is 338 g/mol. The maximum atomic E-state index is 12.6. The zero-order valence-electron chi connectivity index (χ0n) is 15.1. The Morgan fingerprint density at radius 2 is 1.48 bits per heavy atom. The van der Waals surface area contributed by atoms with Gasteiger partial charge in [-0.15, -0.1) is 0 Å². The number of sulfonamides is 1. The van der Waals surface area contributed by atoms with Crippen molar-refractivity contribution in [1.29, 1.82) is 0 Å². The Morgan fingerprint density at radius 3 is 2.00 bits per heavy atom. The number of aryl methyl sites for hydroxylation is 3. The molecule has 6 heteroatoms. The summed E-state index contributed by atoms with van der Waals surface area (Å²) in [6.45, 7) is 3.95. The summed E-state index contributed by atoms with van der Waals surface area (Å²) in [5.74, 6) is 1.48. The van der Waals surface area contributed by atoms with Crippen LogP contribution in [0.5, 0.6) is 11.5 Å². The molecule has 0 heterocycles. The van der Waals surface area contributed by atoms with Crippen LogP contribution in [0.25, 0.3) is 0 Å². The molecule has 0 aliphatic carbocycles. The third-order valence-electron chi connectivity index (χ3n) is 4.03. The van der Waals surface area contributed by atoms with Crippen LogP contribution in [-0.2, 0) is 16.4 Å². The van der Waals surface area contributed by atoms with Gasteiger partial charge < -0.3 is 9.47 Å². The fourth-order valence-electron chi connectivity index (χ4n) is 2.82. The second-order valence-electron chi connectivity index (χ2n) is 5.94. The second kappa shape index (κ2) is 8.36. The van der Waals surface area contributed by atoms with Crippen molar-refractivity contribution in [2.24, 2.45) is 0 Å². The molecule has 0 amide bonds. The molecule has 2 aromatic rings. The van der Waals surface area contributed by atoms with Gasteiger partial charge in [0.2, 0.25) is 10.0 Å². The minimum atomic E-state index is -3.54. The summed E-state index contributed by atoms with van der Waals surface area (Å²) < 4.78 is 38.2. The molecule has 25 heavy (non-hydrogen) atoms. The minimum absolute atomic E-state index is 0.331. The SMILES string of the molecule is COc1ccc(CCCNS(=O)(=O)c2c(C)cc(OC)cc2C)cc1. The van der Waals surface area contributed by atoms with Crippen LogP contribution in [0, 0.1) is 13.8 Å². The highest BCUT2D eigenvalue weighted by molar-refractivity contribution is 7.89. The Kier molecular flexibility index (Phi) is 6.45. The van der Waals surface area contributed by atoms with E-state index in [1.54, 1.807) is 40.2 Å². The van der Waals surface area contributed by atoms with E-state index >= 15 is 0 Å². The summed E-state index contributed by atoms with van der Waals surface area (Å²) in [6, 6.07) is 11.3. The van der Waals surface area contributed by atoms with Crippen molar-refractivity contribution in [3.05, 3.63) is 53.1 Å². The maximum absolute atomic E-state index is 12.6. The van der Waals surface area contributed by atoms with Gasteiger partial charge in [-0.1, -0.05) is 12.1 Å². The lowest BCUT2D eigenvalue weighted by Gasteiger charge is -2.13. The van der Waals surface area contributed by atoms with Crippen molar-refractivity contribution >= 4 is 10.0 Å². The van der Waals surface area contributed by atoms with E-state index in [4.69, 9.17) is 9.47 Å². The third-order valence-corrected chi connectivity index (χ3v) is 5.80. The molecule has 0 unspecified atom stereocenters. The Balaban J connectivity index is 1.97. The largest absolute Gasteiger partial charge is 0.497 e. The normalized spacial score (nSPS) is 11.4. The summed E-state index contributed by atoms with van der Waals surface area (Å²) in [5, 5.41) is 0. The standard InChI is InChI=1S/C19H25NO4S/c1-14-12-18(24-4)13-15(2)19(14)25(21,22)20-11-5-6-16-7-9-17(23-3)10-8-16/h7-10,12-13,20H,5-6,11H2,1-4H3. The number of benzene rings is 2. The van der Waals surface area contributed by atoms with Crippen molar-refractivity contribution in [2.75, 3.05) is 20.8 Å². The molecular formula is C19H25NO4S. The lowest BCUT2D eigenvalue weighted by Crippen LogP contribution is -2.26. The molecule has 2 aromatic carbocycles. The van der Waals surface area contributed by atoms with Crippen LogP contribution in [0.3, 0.4) is 0 Å². The van der Waals surface area contributed by atoms with Crippen molar-refractivity contribution in [3.8, 4) is 11.5 Å². The molecule has 0 aliphatic rings. The highest BCUT2D eigenvalue weighted by atomic mass is 32.2. The molecule has 0 aliphatic heterocycles. The van der Waals surface area contributed by atoms with E-state index in [0.29, 0.717) is 28.3 Å². The van der Waals surface area contributed by atoms with E-state index in [2.05, 4.69) is 4.72 Å². The van der Waals surface area contributed by atoms with Crippen LogP contribution in [0.15, 0.2) is 41.3 Å². The molecule has 0 saturated carbocycles. The molecule has 136 valence electrons. The van der Waals surface area contributed by atoms with Crippen LogP contribution in [0.2, 0.25) is 0 Å². The van der Waals surface area contributed by atoms with Crippen LogP contribution in [-0.4, -0.2) is 29.2 Å². The van der Waals surface area contributed by atoms with E-state index < -0.39 is 10.0 Å². The summed E-state index contributed by atoms with van der Waals surface area (Å²) >= 11 is 0. The number of methoxy groups -OCH3 is 2. The quantitative estimate of drug-likeness (QED) is 0.732. The van der Waals surface area contributed by atoms with Gasteiger partial charge in [0.15, 0.2) is 0 Å². The van der Waals surface area contributed by atoms with Gasteiger partial charge in [-0.3, -0.25) is 0 Å². The lowest BCUT2D eigenvalue weighted by molar-refractivity contribution is 0.413. The molecule has 0 fully saturated rings. The molecule has 1 N–H and O–H groups in total. The fraction of sp³-hybridized carbons (Fsp3) is 0.368. The zero-order chi connectivity index (χ0) is 18.4. The van der Waals surface area contributed by atoms with E-state index in [9.17, 15) is 8.42 Å². The van der Waals surface area contributed by atoms with Gasteiger partial charge in [0, 0.05) is 6.54 Å². The average Bonchev–Trinajstić information content (AvgIpc) is 2.58. The number of hydrogen-bond acceptors (Lipinski definition) is 4. The fourth-order valence-corrected chi connectivity index (χ4v) is 4.34. The third kappa shape index (κ3) is 4.96. The highest BCUT2D eigenvalue weighted by Crippen LogP contribution is 2.25. The molecule has 0 radical (unpaired) electrons. The van der Waals surface area contributed by atoms with Crippen LogP contribution in [0.4, 0.5) is 0 Å². The molecule has 0 atom stereocenters. The average molecular weight is 363 g/mol. The number of hydrogen-bond donors (Lipinski definition) is 1. The van der Waals surface area contributed by atoms with E-state index in [1.165, 1.54) is 0 Å². The minimum Gasteiger partial charge on any atom is -0.497 e. The second-order valence-corrected chi connectivity index (χ2v) is 7.64. The Labute approximate surface area is 150 Å². The monoisotopic (exact) mass is 363 g/mol. The van der Waals surface area contributed by atoms with Gasteiger partial charge in [-0.2, -0.15) is 0 Å². The van der Waals surface area contributed by atoms with Crippen molar-refractivity contribution in [1.82, 2.24) is 4.72 Å². The predicted molar refractivity (Wildman–Crippen MR) is 99.0 cm³/mol. The maximum Gasteiger partial charge on any atom is 0.241 e. The summed E-state index contributed by atoms with van der Waals surface area (Å²) in [7, 11) is -0.336. The van der Waals surface area contributed by atoms with Crippen LogP contribution < -0.4 is 14.2 Å². The summed E-state index contributed by atoms with van der Waals surface area (Å²) in [6.07, 6.45) is 1.52. The van der Waals surface area contributed by atoms with Gasteiger partial charge in [0.1, 0.15) is 11.5 Å². The first-order valence-corrected chi connectivity index (χ1v) is 9.63.